The molecule has 2 nitrogen and oxygen atoms in total. The second-order valence-corrected chi connectivity index (χ2v) is 10.4. The van der Waals surface area contributed by atoms with Crippen LogP contribution in [0.4, 0.5) is 0 Å². The number of hydrogen-bond donors (Lipinski definition) is 0. The molecule has 0 aliphatic heterocycles. The van der Waals surface area contributed by atoms with E-state index < -0.39 is 0 Å². The number of esters is 1. The van der Waals surface area contributed by atoms with E-state index in [-0.39, 0.29) is 5.97 Å². The van der Waals surface area contributed by atoms with Crippen LogP contribution in [0, 0.1) is 11.3 Å². The molecule has 0 radical (unpaired) electrons. The molecule has 2 heteroatoms. The number of hydrogen-bond acceptors (Lipinski definition) is 2. The quantitative estimate of drug-likeness (QED) is 0.128. The molecule has 0 amide bonds. The van der Waals surface area contributed by atoms with Gasteiger partial charge in [-0.15, -0.1) is 0 Å². The average molecular weight is 409 g/mol. The topological polar surface area (TPSA) is 26.3 Å². The zero-order valence-electron chi connectivity index (χ0n) is 20.8. The van der Waals surface area contributed by atoms with Crippen LogP contribution in [0.15, 0.2) is 11.6 Å². The molecule has 0 saturated carbocycles. The first-order valence-corrected chi connectivity index (χ1v) is 12.5. The van der Waals surface area contributed by atoms with E-state index in [1.54, 1.807) is 0 Å². The van der Waals surface area contributed by atoms with Gasteiger partial charge in [0.2, 0.25) is 0 Å². The highest BCUT2D eigenvalue weighted by molar-refractivity contribution is 5.87. The molecule has 0 rings (SSSR count). The minimum absolute atomic E-state index is 0.201. The van der Waals surface area contributed by atoms with Gasteiger partial charge in [-0.05, 0) is 31.1 Å². The normalized spacial score (nSPS) is 13.5. The van der Waals surface area contributed by atoms with Crippen LogP contribution in [0.25, 0.3) is 0 Å². The van der Waals surface area contributed by atoms with Crippen LogP contribution < -0.4 is 0 Å². The second-order valence-electron chi connectivity index (χ2n) is 10.4. The number of ether oxygens (including phenoxy) is 1. The van der Waals surface area contributed by atoms with Gasteiger partial charge in [-0.2, -0.15) is 0 Å². The molecular formula is C27H52O2. The maximum atomic E-state index is 11.4. The SMILES string of the molecule is COC(=O)/C(C)=C/C(C)CCCCCCCCCCCCCCCCC(C)(C)C. The van der Waals surface area contributed by atoms with Crippen molar-refractivity contribution in [2.45, 2.75) is 137 Å². The molecule has 172 valence electrons. The number of methoxy groups -OCH3 is 1. The average Bonchev–Trinajstić information content (AvgIpc) is 2.65. The third-order valence-corrected chi connectivity index (χ3v) is 5.88. The molecule has 0 N–H and O–H groups in total. The lowest BCUT2D eigenvalue weighted by molar-refractivity contribution is -0.136. The van der Waals surface area contributed by atoms with Crippen LogP contribution in [-0.2, 0) is 9.53 Å². The highest BCUT2D eigenvalue weighted by Gasteiger charge is 2.08. The van der Waals surface area contributed by atoms with Crippen LogP contribution in [0.3, 0.4) is 0 Å². The summed E-state index contributed by atoms with van der Waals surface area (Å²) in [5, 5.41) is 0. The summed E-state index contributed by atoms with van der Waals surface area (Å²) in [5.41, 5.74) is 1.25. The maximum Gasteiger partial charge on any atom is 0.333 e. The van der Waals surface area contributed by atoms with Crippen LogP contribution in [0.5, 0.6) is 0 Å². The van der Waals surface area contributed by atoms with E-state index in [1.807, 2.05) is 6.92 Å². The van der Waals surface area contributed by atoms with E-state index in [0.717, 1.165) is 5.57 Å². The summed E-state index contributed by atoms with van der Waals surface area (Å²) < 4.78 is 4.75. The summed E-state index contributed by atoms with van der Waals surface area (Å²) in [4.78, 5) is 11.4. The van der Waals surface area contributed by atoms with Gasteiger partial charge in [0, 0.05) is 5.57 Å². The number of carbonyl (C=O) groups is 1. The van der Waals surface area contributed by atoms with Crippen molar-refractivity contribution in [3.63, 3.8) is 0 Å². The van der Waals surface area contributed by atoms with Crippen LogP contribution in [0.1, 0.15) is 137 Å². The number of unbranched alkanes of at least 4 members (excludes halogenated alkanes) is 13. The Balaban J connectivity index is 3.31. The Morgan fingerprint density at radius 1 is 0.759 bits per heavy atom. The van der Waals surface area contributed by atoms with E-state index in [2.05, 4.69) is 33.8 Å². The Labute approximate surface area is 183 Å². The van der Waals surface area contributed by atoms with E-state index >= 15 is 0 Å². The first-order chi connectivity index (χ1) is 13.8. The molecule has 0 aliphatic rings. The van der Waals surface area contributed by atoms with Crippen LogP contribution in [-0.4, -0.2) is 13.1 Å². The molecule has 0 aromatic heterocycles. The molecule has 0 fully saturated rings. The predicted molar refractivity (Wildman–Crippen MR) is 128 cm³/mol. The van der Waals surface area contributed by atoms with E-state index in [0.29, 0.717) is 11.3 Å². The third-order valence-electron chi connectivity index (χ3n) is 5.88. The minimum atomic E-state index is -0.201. The summed E-state index contributed by atoms with van der Waals surface area (Å²) in [5.74, 6) is 0.264. The smallest absolute Gasteiger partial charge is 0.333 e. The fourth-order valence-electron chi connectivity index (χ4n) is 3.98. The highest BCUT2D eigenvalue weighted by atomic mass is 16.5. The molecule has 1 unspecified atom stereocenters. The zero-order chi connectivity index (χ0) is 22.0. The molecule has 0 aromatic rings. The summed E-state index contributed by atoms with van der Waals surface area (Å²) in [7, 11) is 1.44. The first-order valence-electron chi connectivity index (χ1n) is 12.5. The van der Waals surface area contributed by atoms with Crippen molar-refractivity contribution < 1.29 is 9.53 Å². The van der Waals surface area contributed by atoms with Gasteiger partial charge in [0.15, 0.2) is 0 Å². The molecule has 0 bridgehead atoms. The number of carbonyl (C=O) groups excluding carboxylic acids is 1. The van der Waals surface area contributed by atoms with Gasteiger partial charge in [0.25, 0.3) is 0 Å². The van der Waals surface area contributed by atoms with Gasteiger partial charge < -0.3 is 4.74 Å². The molecule has 0 spiro atoms. The molecule has 1 atom stereocenters. The van der Waals surface area contributed by atoms with Gasteiger partial charge >= 0.3 is 5.97 Å². The van der Waals surface area contributed by atoms with Gasteiger partial charge in [-0.1, -0.05) is 124 Å². The largest absolute Gasteiger partial charge is 0.466 e. The molecular weight excluding hydrogens is 356 g/mol. The second kappa shape index (κ2) is 18.0. The molecule has 0 saturated heterocycles. The van der Waals surface area contributed by atoms with Crippen molar-refractivity contribution in [1.82, 2.24) is 0 Å². The summed E-state index contributed by atoms with van der Waals surface area (Å²) in [6.07, 6.45) is 24.2. The predicted octanol–water partition coefficient (Wildman–Crippen LogP) is 9.03. The minimum Gasteiger partial charge on any atom is -0.466 e. The fourth-order valence-corrected chi connectivity index (χ4v) is 3.98. The molecule has 0 heterocycles. The fraction of sp³-hybridized carbons (Fsp3) is 0.889. The van der Waals surface area contributed by atoms with Crippen molar-refractivity contribution >= 4 is 5.97 Å². The first kappa shape index (κ1) is 28.2. The zero-order valence-corrected chi connectivity index (χ0v) is 20.8. The summed E-state index contributed by atoms with van der Waals surface area (Å²) >= 11 is 0. The Morgan fingerprint density at radius 3 is 1.52 bits per heavy atom. The lowest BCUT2D eigenvalue weighted by Crippen LogP contribution is -2.03. The van der Waals surface area contributed by atoms with Crippen molar-refractivity contribution in [2.24, 2.45) is 11.3 Å². The van der Waals surface area contributed by atoms with E-state index in [4.69, 9.17) is 4.74 Å². The molecule has 0 aromatic carbocycles. The number of allylic oxidation sites excluding steroid dienone is 1. The van der Waals surface area contributed by atoms with Gasteiger partial charge in [-0.3, -0.25) is 0 Å². The summed E-state index contributed by atoms with van der Waals surface area (Å²) in [6, 6.07) is 0. The van der Waals surface area contributed by atoms with Crippen molar-refractivity contribution in [3.05, 3.63) is 11.6 Å². The Kier molecular flexibility index (Phi) is 17.5. The van der Waals surface area contributed by atoms with Gasteiger partial charge in [-0.25, -0.2) is 4.79 Å². The number of rotatable bonds is 18. The van der Waals surface area contributed by atoms with E-state index in [9.17, 15) is 4.79 Å². The lowest BCUT2D eigenvalue weighted by Gasteiger charge is -2.17. The van der Waals surface area contributed by atoms with Gasteiger partial charge in [0.1, 0.15) is 0 Å². The van der Waals surface area contributed by atoms with Crippen molar-refractivity contribution in [2.75, 3.05) is 7.11 Å². The van der Waals surface area contributed by atoms with Crippen LogP contribution >= 0.6 is 0 Å². The van der Waals surface area contributed by atoms with Gasteiger partial charge in [0.05, 0.1) is 7.11 Å². The Morgan fingerprint density at radius 2 is 1.14 bits per heavy atom. The monoisotopic (exact) mass is 408 g/mol. The maximum absolute atomic E-state index is 11.4. The lowest BCUT2D eigenvalue weighted by atomic mass is 9.89. The Hall–Kier alpha value is -0.790. The van der Waals surface area contributed by atoms with Crippen molar-refractivity contribution in [3.8, 4) is 0 Å². The Bertz CT molecular complexity index is 417. The van der Waals surface area contributed by atoms with E-state index in [1.165, 1.54) is 110 Å². The molecule has 0 aliphatic carbocycles. The highest BCUT2D eigenvalue weighted by Crippen LogP contribution is 2.22. The third kappa shape index (κ3) is 20.3. The van der Waals surface area contributed by atoms with Crippen molar-refractivity contribution in [1.29, 1.82) is 0 Å². The van der Waals surface area contributed by atoms with Crippen LogP contribution in [0.2, 0.25) is 0 Å². The summed E-state index contributed by atoms with van der Waals surface area (Å²) in [6.45, 7) is 11.1. The standard InChI is InChI=1S/C27H52O2/c1-24(23-25(2)26(28)29-6)21-19-17-15-13-11-9-7-8-10-12-14-16-18-20-22-27(3,4)5/h23-24H,7-22H2,1-6H3/b25-23+. The molecule has 29 heavy (non-hydrogen) atoms.